The van der Waals surface area contributed by atoms with Crippen LogP contribution in [0.25, 0.3) is 0 Å². The molecule has 3 heteroatoms. The standard InChI is InChI=1S/C12H16O2S/c1-3-14-10-5-4-6-11-9(10)7-12(15-11)8(2)13/h7,10H,3-6H2,1-2H3. The maximum Gasteiger partial charge on any atom is 0.169 e. The van der Waals surface area contributed by atoms with E-state index in [4.69, 9.17) is 4.74 Å². The third-order valence-electron chi connectivity index (χ3n) is 2.77. The lowest BCUT2D eigenvalue weighted by atomic mass is 9.96. The Bertz CT molecular complexity index is 368. The topological polar surface area (TPSA) is 26.3 Å². The summed E-state index contributed by atoms with van der Waals surface area (Å²) in [6.07, 6.45) is 3.60. The van der Waals surface area contributed by atoms with Crippen molar-refractivity contribution in [3.63, 3.8) is 0 Å². The van der Waals surface area contributed by atoms with Gasteiger partial charge in [0.2, 0.25) is 0 Å². The molecule has 1 aliphatic carbocycles. The lowest BCUT2D eigenvalue weighted by Crippen LogP contribution is -2.10. The first-order valence-electron chi connectivity index (χ1n) is 5.47. The van der Waals surface area contributed by atoms with Gasteiger partial charge in [0.15, 0.2) is 5.78 Å². The number of hydrogen-bond acceptors (Lipinski definition) is 3. The summed E-state index contributed by atoms with van der Waals surface area (Å²) < 4.78 is 5.70. The Labute approximate surface area is 94.3 Å². The Hall–Kier alpha value is -0.670. The van der Waals surface area contributed by atoms with Crippen LogP contribution in [0.15, 0.2) is 6.07 Å². The molecule has 0 N–H and O–H groups in total. The van der Waals surface area contributed by atoms with E-state index in [0.29, 0.717) is 0 Å². The van der Waals surface area contributed by atoms with Crippen LogP contribution in [0.1, 0.15) is 52.9 Å². The fourth-order valence-electron chi connectivity index (χ4n) is 2.06. The summed E-state index contributed by atoms with van der Waals surface area (Å²) in [4.78, 5) is 13.5. The molecular formula is C12H16O2S. The molecule has 0 aromatic carbocycles. The zero-order valence-corrected chi connectivity index (χ0v) is 10.0. The number of ether oxygens (including phenoxy) is 1. The number of fused-ring (bicyclic) bond motifs is 1. The summed E-state index contributed by atoms with van der Waals surface area (Å²) in [7, 11) is 0. The second-order valence-electron chi connectivity index (χ2n) is 3.88. The molecule has 0 fully saturated rings. The van der Waals surface area contributed by atoms with E-state index >= 15 is 0 Å². The van der Waals surface area contributed by atoms with E-state index < -0.39 is 0 Å². The minimum atomic E-state index is 0.171. The number of carbonyl (C=O) groups excluding carboxylic acids is 1. The Morgan fingerprint density at radius 3 is 3.13 bits per heavy atom. The highest BCUT2D eigenvalue weighted by Crippen LogP contribution is 2.37. The average molecular weight is 224 g/mol. The smallest absolute Gasteiger partial charge is 0.169 e. The van der Waals surface area contributed by atoms with Gasteiger partial charge in [0.05, 0.1) is 11.0 Å². The first-order valence-corrected chi connectivity index (χ1v) is 6.29. The molecule has 2 nitrogen and oxygen atoms in total. The van der Waals surface area contributed by atoms with Crippen molar-refractivity contribution in [2.24, 2.45) is 0 Å². The van der Waals surface area contributed by atoms with Crippen LogP contribution in [0.5, 0.6) is 0 Å². The van der Waals surface area contributed by atoms with Gasteiger partial charge in [-0.25, -0.2) is 0 Å². The maximum absolute atomic E-state index is 11.3. The highest BCUT2D eigenvalue weighted by molar-refractivity contribution is 7.14. The molecule has 0 aliphatic heterocycles. The highest BCUT2D eigenvalue weighted by Gasteiger charge is 2.23. The predicted octanol–water partition coefficient (Wildman–Crippen LogP) is 3.36. The number of thiophene rings is 1. The second-order valence-corrected chi connectivity index (χ2v) is 5.02. The molecule has 1 heterocycles. The van der Waals surface area contributed by atoms with E-state index in [9.17, 15) is 4.79 Å². The van der Waals surface area contributed by atoms with Crippen LogP contribution < -0.4 is 0 Å². The summed E-state index contributed by atoms with van der Waals surface area (Å²) >= 11 is 1.64. The first-order chi connectivity index (χ1) is 7.22. The predicted molar refractivity (Wildman–Crippen MR) is 61.6 cm³/mol. The minimum absolute atomic E-state index is 0.171. The van der Waals surface area contributed by atoms with Crippen molar-refractivity contribution in [2.45, 2.75) is 39.2 Å². The van der Waals surface area contributed by atoms with E-state index in [2.05, 4.69) is 0 Å². The molecule has 1 aromatic heterocycles. The van der Waals surface area contributed by atoms with Gasteiger partial charge in [-0.3, -0.25) is 4.79 Å². The van der Waals surface area contributed by atoms with Gasteiger partial charge in [-0.15, -0.1) is 11.3 Å². The summed E-state index contributed by atoms with van der Waals surface area (Å²) in [6.45, 7) is 4.40. The zero-order chi connectivity index (χ0) is 10.8. The molecule has 2 rings (SSSR count). The number of carbonyl (C=O) groups is 1. The highest BCUT2D eigenvalue weighted by atomic mass is 32.1. The van der Waals surface area contributed by atoms with Crippen LogP contribution in [0.4, 0.5) is 0 Å². The molecule has 1 aromatic rings. The summed E-state index contributed by atoms with van der Waals surface area (Å²) in [6, 6.07) is 2.03. The zero-order valence-electron chi connectivity index (χ0n) is 9.21. The summed E-state index contributed by atoms with van der Waals surface area (Å²) in [5.41, 5.74) is 1.26. The molecule has 0 bridgehead atoms. The van der Waals surface area contributed by atoms with Crippen LogP contribution >= 0.6 is 11.3 Å². The first kappa shape index (κ1) is 10.8. The molecule has 1 unspecified atom stereocenters. The molecular weight excluding hydrogens is 208 g/mol. The lowest BCUT2D eigenvalue weighted by Gasteiger charge is -2.21. The molecule has 0 spiro atoms. The SMILES string of the molecule is CCOC1CCCc2sc(C(C)=O)cc21. The van der Waals surface area contributed by atoms with Crippen molar-refractivity contribution < 1.29 is 9.53 Å². The van der Waals surface area contributed by atoms with E-state index in [1.807, 2.05) is 13.0 Å². The monoisotopic (exact) mass is 224 g/mol. The number of aryl methyl sites for hydroxylation is 1. The molecule has 1 aliphatic rings. The van der Waals surface area contributed by atoms with Crippen molar-refractivity contribution in [1.82, 2.24) is 0 Å². The molecule has 15 heavy (non-hydrogen) atoms. The van der Waals surface area contributed by atoms with Crippen molar-refractivity contribution in [3.8, 4) is 0 Å². The van der Waals surface area contributed by atoms with Crippen LogP contribution in [-0.2, 0) is 11.2 Å². The van der Waals surface area contributed by atoms with Gasteiger partial charge in [0.1, 0.15) is 0 Å². The normalized spacial score (nSPS) is 20.0. The number of Topliss-reactive ketones (excluding diaryl/α,β-unsaturated/α-hetero) is 1. The van der Waals surface area contributed by atoms with E-state index in [1.165, 1.54) is 16.9 Å². The second kappa shape index (κ2) is 4.45. The summed E-state index contributed by atoms with van der Waals surface area (Å²) in [5, 5.41) is 0. The van der Waals surface area contributed by atoms with E-state index in [-0.39, 0.29) is 11.9 Å². The van der Waals surface area contributed by atoms with Gasteiger partial charge < -0.3 is 4.74 Å². The Morgan fingerprint density at radius 1 is 1.67 bits per heavy atom. The van der Waals surface area contributed by atoms with Gasteiger partial charge in [0, 0.05) is 11.5 Å². The fraction of sp³-hybridized carbons (Fsp3) is 0.583. The number of hydrogen-bond donors (Lipinski definition) is 0. The quantitative estimate of drug-likeness (QED) is 0.736. The van der Waals surface area contributed by atoms with Crippen LogP contribution in [0, 0.1) is 0 Å². The Morgan fingerprint density at radius 2 is 2.47 bits per heavy atom. The largest absolute Gasteiger partial charge is 0.374 e. The summed E-state index contributed by atoms with van der Waals surface area (Å²) in [5.74, 6) is 0.171. The van der Waals surface area contributed by atoms with Gasteiger partial charge in [0.25, 0.3) is 0 Å². The van der Waals surface area contributed by atoms with Crippen molar-refractivity contribution >= 4 is 17.1 Å². The van der Waals surface area contributed by atoms with E-state index in [0.717, 1.165) is 24.3 Å². The number of rotatable bonds is 3. The van der Waals surface area contributed by atoms with Gasteiger partial charge in [-0.2, -0.15) is 0 Å². The third-order valence-corrected chi connectivity index (χ3v) is 4.09. The molecule has 0 saturated heterocycles. The van der Waals surface area contributed by atoms with Gasteiger partial charge in [-0.1, -0.05) is 0 Å². The molecule has 0 amide bonds. The Kier molecular flexibility index (Phi) is 3.22. The van der Waals surface area contributed by atoms with Crippen molar-refractivity contribution in [2.75, 3.05) is 6.61 Å². The van der Waals surface area contributed by atoms with Crippen molar-refractivity contribution in [3.05, 3.63) is 21.4 Å². The molecule has 0 radical (unpaired) electrons. The minimum Gasteiger partial charge on any atom is -0.374 e. The van der Waals surface area contributed by atoms with Crippen molar-refractivity contribution in [1.29, 1.82) is 0 Å². The van der Waals surface area contributed by atoms with Crippen LogP contribution in [0.2, 0.25) is 0 Å². The molecule has 1 atom stereocenters. The van der Waals surface area contributed by atoms with Crippen LogP contribution in [0.3, 0.4) is 0 Å². The van der Waals surface area contributed by atoms with Crippen LogP contribution in [-0.4, -0.2) is 12.4 Å². The van der Waals surface area contributed by atoms with E-state index in [1.54, 1.807) is 18.3 Å². The molecule has 82 valence electrons. The number of ketones is 1. The average Bonchev–Trinajstić information content (AvgIpc) is 2.63. The van der Waals surface area contributed by atoms with Gasteiger partial charge >= 0.3 is 0 Å². The lowest BCUT2D eigenvalue weighted by molar-refractivity contribution is 0.0506. The maximum atomic E-state index is 11.3. The molecule has 0 saturated carbocycles. The fourth-order valence-corrected chi connectivity index (χ4v) is 3.21. The third kappa shape index (κ3) is 2.13. The van der Waals surface area contributed by atoms with Gasteiger partial charge in [-0.05, 0) is 44.7 Å². The Balaban J connectivity index is 2.30.